The van der Waals surface area contributed by atoms with Crippen molar-refractivity contribution in [3.63, 3.8) is 0 Å². The number of halogens is 1. The lowest BCUT2D eigenvalue weighted by Gasteiger charge is -2.08. The number of carbonyl (C=O) groups excluding carboxylic acids is 4. The molecule has 3 rings (SSSR count). The first-order valence-electron chi connectivity index (χ1n) is 7.95. The molecule has 1 aliphatic rings. The molecular weight excluding hydrogens is 404 g/mol. The van der Waals surface area contributed by atoms with Crippen LogP contribution < -0.4 is 10.5 Å². The summed E-state index contributed by atoms with van der Waals surface area (Å²) in [4.78, 5) is 48.0. The largest absolute Gasteiger partial charge is 0.423 e. The maximum Gasteiger partial charge on any atom is 0.343 e. The van der Waals surface area contributed by atoms with Crippen molar-refractivity contribution in [1.82, 2.24) is 4.90 Å². The Morgan fingerprint density at radius 3 is 2.32 bits per heavy atom. The minimum atomic E-state index is -0.768. The Morgan fingerprint density at radius 2 is 1.71 bits per heavy atom. The zero-order valence-electron chi connectivity index (χ0n) is 14.3. The van der Waals surface area contributed by atoms with E-state index in [2.05, 4.69) is 0 Å². The topological polar surface area (TPSA) is 107 Å². The van der Waals surface area contributed by atoms with Gasteiger partial charge in [0, 0.05) is 5.02 Å². The van der Waals surface area contributed by atoms with Crippen LogP contribution in [0.3, 0.4) is 0 Å². The Morgan fingerprint density at radius 1 is 1.07 bits per heavy atom. The van der Waals surface area contributed by atoms with Crippen molar-refractivity contribution in [2.24, 2.45) is 5.73 Å². The van der Waals surface area contributed by atoms with Crippen LogP contribution in [0.1, 0.15) is 15.9 Å². The van der Waals surface area contributed by atoms with Gasteiger partial charge in [-0.3, -0.25) is 19.3 Å². The first-order valence-corrected chi connectivity index (χ1v) is 9.14. The summed E-state index contributed by atoms with van der Waals surface area (Å²) >= 11 is 6.51. The molecule has 0 spiro atoms. The molecule has 0 saturated carbocycles. The lowest BCUT2D eigenvalue weighted by Crippen LogP contribution is -2.36. The van der Waals surface area contributed by atoms with E-state index in [1.165, 1.54) is 6.08 Å². The standard InChI is InChI=1S/C19H13ClN2O5S/c20-13-5-3-12(4-6-13)18(25)27-14-7-1-11(2-8-14)9-15-17(24)22(10-16(21)23)19(26)28-15/h1-9H,10H2,(H2,21,23)/b15-9-. The molecule has 1 heterocycles. The average molecular weight is 417 g/mol. The summed E-state index contributed by atoms with van der Waals surface area (Å²) in [6.45, 7) is -0.457. The van der Waals surface area contributed by atoms with Crippen LogP contribution in [0.2, 0.25) is 5.02 Å². The number of nitrogens with zero attached hydrogens (tertiary/aromatic N) is 1. The van der Waals surface area contributed by atoms with Crippen molar-refractivity contribution in [3.8, 4) is 5.75 Å². The number of amides is 3. The maximum absolute atomic E-state index is 12.2. The van der Waals surface area contributed by atoms with Crippen molar-refractivity contribution in [3.05, 3.63) is 69.6 Å². The number of rotatable bonds is 5. The summed E-state index contributed by atoms with van der Waals surface area (Å²) in [5.74, 6) is -1.56. The zero-order chi connectivity index (χ0) is 20.3. The van der Waals surface area contributed by atoms with Gasteiger partial charge in [0.25, 0.3) is 11.1 Å². The highest BCUT2D eigenvalue weighted by molar-refractivity contribution is 8.18. The van der Waals surface area contributed by atoms with Gasteiger partial charge in [-0.25, -0.2) is 4.79 Å². The van der Waals surface area contributed by atoms with Crippen LogP contribution in [-0.4, -0.2) is 34.5 Å². The van der Waals surface area contributed by atoms with Crippen LogP contribution in [0.25, 0.3) is 6.08 Å². The second-order valence-electron chi connectivity index (χ2n) is 5.70. The number of ether oxygens (including phenoxy) is 1. The molecule has 1 saturated heterocycles. The van der Waals surface area contributed by atoms with Gasteiger partial charge in [0.1, 0.15) is 12.3 Å². The molecule has 0 aromatic heterocycles. The SMILES string of the molecule is NC(=O)CN1C(=O)S/C(=C\c2ccc(OC(=O)c3ccc(Cl)cc3)cc2)C1=O. The third kappa shape index (κ3) is 4.59. The van der Waals surface area contributed by atoms with Crippen LogP contribution >= 0.6 is 23.4 Å². The highest BCUT2D eigenvalue weighted by atomic mass is 35.5. The van der Waals surface area contributed by atoms with E-state index >= 15 is 0 Å². The molecule has 2 N–H and O–H groups in total. The molecule has 2 aromatic carbocycles. The predicted molar refractivity (Wildman–Crippen MR) is 105 cm³/mol. The van der Waals surface area contributed by atoms with E-state index in [1.807, 2.05) is 0 Å². The molecule has 0 bridgehead atoms. The number of imide groups is 1. The summed E-state index contributed by atoms with van der Waals surface area (Å²) < 4.78 is 5.28. The quantitative estimate of drug-likeness (QED) is 0.456. The first kappa shape index (κ1) is 19.7. The number of nitrogens with two attached hydrogens (primary N) is 1. The second kappa shape index (κ2) is 8.28. The number of esters is 1. The van der Waals surface area contributed by atoms with Gasteiger partial charge in [0.15, 0.2) is 0 Å². The van der Waals surface area contributed by atoms with Crippen molar-refractivity contribution in [2.75, 3.05) is 6.54 Å². The highest BCUT2D eigenvalue weighted by Gasteiger charge is 2.35. The summed E-state index contributed by atoms with van der Waals surface area (Å²) in [6, 6.07) is 12.7. The van der Waals surface area contributed by atoms with E-state index < -0.39 is 29.6 Å². The molecule has 0 radical (unpaired) electrons. The second-order valence-corrected chi connectivity index (χ2v) is 7.13. The number of benzene rings is 2. The molecular formula is C19H13ClN2O5S. The Labute approximate surface area is 169 Å². The van der Waals surface area contributed by atoms with E-state index in [-0.39, 0.29) is 4.91 Å². The molecule has 1 aliphatic heterocycles. The summed E-state index contributed by atoms with van der Waals surface area (Å²) in [5.41, 5.74) is 6.02. The van der Waals surface area contributed by atoms with Crippen LogP contribution in [0.5, 0.6) is 5.75 Å². The van der Waals surface area contributed by atoms with Gasteiger partial charge in [-0.15, -0.1) is 0 Å². The van der Waals surface area contributed by atoms with E-state index in [0.29, 0.717) is 21.9 Å². The number of thioether (sulfide) groups is 1. The Bertz CT molecular complexity index is 986. The normalized spacial score (nSPS) is 15.2. The lowest BCUT2D eigenvalue weighted by atomic mass is 10.2. The fraction of sp³-hybridized carbons (Fsp3) is 0.0526. The summed E-state index contributed by atoms with van der Waals surface area (Å²) in [7, 11) is 0. The highest BCUT2D eigenvalue weighted by Crippen LogP contribution is 2.32. The number of carbonyl (C=O) groups is 4. The third-order valence-corrected chi connectivity index (χ3v) is 4.82. The zero-order valence-corrected chi connectivity index (χ0v) is 15.8. The van der Waals surface area contributed by atoms with Crippen LogP contribution in [-0.2, 0) is 9.59 Å². The van der Waals surface area contributed by atoms with Gasteiger partial charge in [0.05, 0.1) is 10.5 Å². The lowest BCUT2D eigenvalue weighted by molar-refractivity contribution is -0.127. The molecule has 28 heavy (non-hydrogen) atoms. The van der Waals surface area contributed by atoms with Gasteiger partial charge in [-0.2, -0.15) is 0 Å². The first-order chi connectivity index (χ1) is 13.3. The van der Waals surface area contributed by atoms with Crippen LogP contribution in [0, 0.1) is 0 Å². The fourth-order valence-electron chi connectivity index (χ4n) is 2.33. The smallest absolute Gasteiger partial charge is 0.343 e. The van der Waals surface area contributed by atoms with E-state index in [4.69, 9.17) is 22.1 Å². The predicted octanol–water partition coefficient (Wildman–Crippen LogP) is 3.08. The van der Waals surface area contributed by atoms with Gasteiger partial charge in [0.2, 0.25) is 5.91 Å². The van der Waals surface area contributed by atoms with Crippen molar-refractivity contribution >= 4 is 52.5 Å². The minimum Gasteiger partial charge on any atom is -0.423 e. The van der Waals surface area contributed by atoms with Crippen LogP contribution in [0.4, 0.5) is 4.79 Å². The molecule has 7 nitrogen and oxygen atoms in total. The van der Waals surface area contributed by atoms with E-state index in [1.54, 1.807) is 48.5 Å². The molecule has 3 amide bonds. The molecule has 142 valence electrons. The van der Waals surface area contributed by atoms with Gasteiger partial charge >= 0.3 is 5.97 Å². The monoisotopic (exact) mass is 416 g/mol. The third-order valence-electron chi connectivity index (χ3n) is 3.66. The average Bonchev–Trinajstić information content (AvgIpc) is 2.91. The van der Waals surface area contributed by atoms with Gasteiger partial charge in [-0.1, -0.05) is 23.7 Å². The summed E-state index contributed by atoms with van der Waals surface area (Å²) in [5, 5.41) is -0.0373. The number of hydrogen-bond donors (Lipinski definition) is 1. The van der Waals surface area contributed by atoms with Gasteiger partial charge < -0.3 is 10.5 Å². The molecule has 0 atom stereocenters. The van der Waals surface area contributed by atoms with Crippen molar-refractivity contribution in [1.29, 1.82) is 0 Å². The summed E-state index contributed by atoms with van der Waals surface area (Å²) in [6.07, 6.45) is 1.51. The molecule has 9 heteroatoms. The fourth-order valence-corrected chi connectivity index (χ4v) is 3.29. The molecule has 2 aromatic rings. The maximum atomic E-state index is 12.2. The van der Waals surface area contributed by atoms with Gasteiger partial charge in [-0.05, 0) is 59.8 Å². The Kier molecular flexibility index (Phi) is 5.81. The van der Waals surface area contributed by atoms with Crippen LogP contribution in [0.15, 0.2) is 53.4 Å². The van der Waals surface area contributed by atoms with E-state index in [0.717, 1.165) is 16.7 Å². The van der Waals surface area contributed by atoms with E-state index in [9.17, 15) is 19.2 Å². The number of hydrogen-bond acceptors (Lipinski definition) is 6. The van der Waals surface area contributed by atoms with Crippen molar-refractivity contribution in [2.45, 2.75) is 0 Å². The minimum absolute atomic E-state index is 0.178. The molecule has 0 unspecified atom stereocenters. The number of primary amides is 1. The molecule has 0 aliphatic carbocycles. The van der Waals surface area contributed by atoms with Crippen molar-refractivity contribution < 1.29 is 23.9 Å². The molecule has 1 fully saturated rings. The Balaban J connectivity index is 1.69. The Hall–Kier alpha value is -3.10.